The summed E-state index contributed by atoms with van der Waals surface area (Å²) >= 11 is 1.66. The molecule has 0 aromatic heterocycles. The van der Waals surface area contributed by atoms with Gasteiger partial charge in [-0.25, -0.2) is 0 Å². The largest absolute Gasteiger partial charge is 0.493 e. The minimum atomic E-state index is -0.594. The van der Waals surface area contributed by atoms with Crippen LogP contribution in [0.2, 0.25) is 0 Å². The van der Waals surface area contributed by atoms with Crippen LogP contribution in [-0.2, 0) is 11.3 Å². The van der Waals surface area contributed by atoms with Crippen LogP contribution in [0.25, 0.3) is 0 Å². The van der Waals surface area contributed by atoms with Crippen molar-refractivity contribution in [3.05, 3.63) is 76.9 Å². The van der Waals surface area contributed by atoms with Crippen LogP contribution in [0.15, 0.2) is 59.5 Å². The Morgan fingerprint density at radius 2 is 1.62 bits per heavy atom. The molecule has 0 aliphatic carbocycles. The zero-order valence-corrected chi connectivity index (χ0v) is 25.1. The molecule has 0 radical (unpaired) electrons. The lowest BCUT2D eigenvalue weighted by molar-refractivity contribution is -0.136. The number of methoxy groups -OCH3 is 2. The van der Waals surface area contributed by atoms with Crippen molar-refractivity contribution in [2.24, 2.45) is 0 Å². The fourth-order valence-electron chi connectivity index (χ4n) is 6.15. The zero-order valence-electron chi connectivity index (χ0n) is 24.3. The van der Waals surface area contributed by atoms with E-state index in [1.54, 1.807) is 50.1 Å². The third-order valence-corrected chi connectivity index (χ3v) is 9.17. The number of rotatable bonds is 7. The standard InChI is InChI=1S/C32H35N3O6S/c1-33-30(21-6-8-22(42-4)9-7-21)29(23-16-26(38-2)27(39-3)17-24(23)31(33)36)32(37)35-13-11-34(12-14-35)18-20-5-10-25-28(15-20)41-19-40-25/h5-10,15-17,29-30H,11-14,18-19H2,1-4H3/t29-,30+/m1/s1. The van der Waals surface area contributed by atoms with Crippen LogP contribution in [0.3, 0.4) is 0 Å². The molecule has 9 nitrogen and oxygen atoms in total. The molecule has 10 heteroatoms. The maximum atomic E-state index is 14.5. The average Bonchev–Trinajstić information content (AvgIpc) is 3.50. The molecule has 2 amide bonds. The molecule has 1 saturated heterocycles. The van der Waals surface area contributed by atoms with E-state index in [0.717, 1.165) is 47.2 Å². The van der Waals surface area contributed by atoms with Crippen LogP contribution in [0.1, 0.15) is 39.0 Å². The average molecular weight is 590 g/mol. The minimum Gasteiger partial charge on any atom is -0.493 e. The van der Waals surface area contributed by atoms with Gasteiger partial charge in [-0.2, -0.15) is 0 Å². The fraction of sp³-hybridized carbons (Fsp3) is 0.375. The van der Waals surface area contributed by atoms with Gasteiger partial charge in [-0.15, -0.1) is 11.8 Å². The maximum absolute atomic E-state index is 14.5. The molecule has 0 bridgehead atoms. The highest BCUT2D eigenvalue weighted by Crippen LogP contribution is 2.46. The number of amides is 2. The molecule has 3 heterocycles. The molecule has 0 unspecified atom stereocenters. The monoisotopic (exact) mass is 589 g/mol. The van der Waals surface area contributed by atoms with Crippen molar-refractivity contribution in [1.82, 2.24) is 14.7 Å². The van der Waals surface area contributed by atoms with E-state index in [2.05, 4.69) is 11.0 Å². The van der Waals surface area contributed by atoms with Gasteiger partial charge in [0.25, 0.3) is 5.91 Å². The summed E-state index contributed by atoms with van der Waals surface area (Å²) in [5, 5.41) is 0. The summed E-state index contributed by atoms with van der Waals surface area (Å²) in [5.74, 6) is 1.77. The van der Waals surface area contributed by atoms with Gasteiger partial charge in [-0.3, -0.25) is 14.5 Å². The lowest BCUT2D eigenvalue weighted by atomic mass is 9.78. The van der Waals surface area contributed by atoms with Crippen molar-refractivity contribution in [2.75, 3.05) is 60.5 Å². The number of ether oxygens (including phenoxy) is 4. The highest BCUT2D eigenvalue weighted by Gasteiger charge is 2.45. The number of hydrogen-bond acceptors (Lipinski definition) is 8. The van der Waals surface area contributed by atoms with E-state index in [1.165, 1.54) is 0 Å². The van der Waals surface area contributed by atoms with Crippen molar-refractivity contribution in [1.29, 1.82) is 0 Å². The quantitative estimate of drug-likeness (QED) is 0.375. The van der Waals surface area contributed by atoms with E-state index in [1.807, 2.05) is 47.6 Å². The molecule has 3 aliphatic heterocycles. The van der Waals surface area contributed by atoms with Crippen LogP contribution >= 0.6 is 11.8 Å². The number of fused-ring (bicyclic) bond motifs is 2. The molecule has 3 aromatic carbocycles. The van der Waals surface area contributed by atoms with Gasteiger partial charge in [0.15, 0.2) is 23.0 Å². The third-order valence-electron chi connectivity index (χ3n) is 8.43. The van der Waals surface area contributed by atoms with Gasteiger partial charge >= 0.3 is 0 Å². The molecule has 6 rings (SSSR count). The molecule has 0 spiro atoms. The molecule has 3 aromatic rings. The number of benzene rings is 3. The SMILES string of the molecule is COc1cc2c(cc1OC)[C@@H](C(=O)N1CCN(Cc3ccc4c(c3)OCO4)CC1)[C@H](c1ccc(SC)cc1)N(C)C2=O. The van der Waals surface area contributed by atoms with Gasteiger partial charge < -0.3 is 28.7 Å². The maximum Gasteiger partial charge on any atom is 0.254 e. The Hall–Kier alpha value is -3.89. The van der Waals surface area contributed by atoms with Crippen molar-refractivity contribution in [3.8, 4) is 23.0 Å². The van der Waals surface area contributed by atoms with Gasteiger partial charge in [0.1, 0.15) is 0 Å². The molecule has 0 saturated carbocycles. The molecule has 42 heavy (non-hydrogen) atoms. The van der Waals surface area contributed by atoms with Crippen molar-refractivity contribution < 1.29 is 28.5 Å². The normalized spacial score (nSPS) is 20.0. The summed E-state index contributed by atoms with van der Waals surface area (Å²) < 4.78 is 22.1. The van der Waals surface area contributed by atoms with Crippen molar-refractivity contribution in [2.45, 2.75) is 23.4 Å². The predicted molar refractivity (Wildman–Crippen MR) is 160 cm³/mol. The van der Waals surface area contributed by atoms with E-state index in [4.69, 9.17) is 18.9 Å². The highest BCUT2D eigenvalue weighted by molar-refractivity contribution is 7.98. The minimum absolute atomic E-state index is 0.00416. The molecule has 220 valence electrons. The van der Waals surface area contributed by atoms with Gasteiger partial charge in [0, 0.05) is 50.2 Å². The summed E-state index contributed by atoms with van der Waals surface area (Å²) in [7, 11) is 4.89. The summed E-state index contributed by atoms with van der Waals surface area (Å²) in [6, 6.07) is 17.2. The van der Waals surface area contributed by atoms with Crippen molar-refractivity contribution >= 4 is 23.6 Å². The zero-order chi connectivity index (χ0) is 29.4. The fourth-order valence-corrected chi connectivity index (χ4v) is 6.56. The Kier molecular flexibility index (Phi) is 7.92. The second kappa shape index (κ2) is 11.8. The van der Waals surface area contributed by atoms with Gasteiger partial charge in [0.2, 0.25) is 12.7 Å². The predicted octanol–water partition coefficient (Wildman–Crippen LogP) is 4.41. The van der Waals surface area contributed by atoms with Gasteiger partial charge in [-0.1, -0.05) is 18.2 Å². The van der Waals surface area contributed by atoms with E-state index in [0.29, 0.717) is 35.7 Å². The highest BCUT2D eigenvalue weighted by atomic mass is 32.2. The van der Waals surface area contributed by atoms with E-state index in [-0.39, 0.29) is 18.6 Å². The molecular weight excluding hydrogens is 554 g/mol. The smallest absolute Gasteiger partial charge is 0.254 e. The number of likely N-dealkylation sites (N-methyl/N-ethyl adjacent to an activating group) is 1. The lowest BCUT2D eigenvalue weighted by Crippen LogP contribution is -2.52. The van der Waals surface area contributed by atoms with E-state index in [9.17, 15) is 9.59 Å². The summed E-state index contributed by atoms with van der Waals surface area (Å²) in [6.45, 7) is 3.70. The lowest BCUT2D eigenvalue weighted by Gasteiger charge is -2.43. The Balaban J connectivity index is 1.29. The molecule has 3 aliphatic rings. The summed E-state index contributed by atoms with van der Waals surface area (Å²) in [4.78, 5) is 35.3. The third kappa shape index (κ3) is 5.13. The first kappa shape index (κ1) is 28.2. The second-order valence-electron chi connectivity index (χ2n) is 10.7. The van der Waals surface area contributed by atoms with Crippen LogP contribution in [0, 0.1) is 0 Å². The molecule has 0 N–H and O–H groups in total. The van der Waals surface area contributed by atoms with Gasteiger partial charge in [-0.05, 0) is 59.3 Å². The summed E-state index contributed by atoms with van der Waals surface area (Å²) in [6.07, 6.45) is 2.03. The molecular formula is C32H35N3O6S. The number of hydrogen-bond donors (Lipinski definition) is 0. The van der Waals surface area contributed by atoms with E-state index >= 15 is 0 Å². The Morgan fingerprint density at radius 3 is 2.31 bits per heavy atom. The molecule has 2 atom stereocenters. The van der Waals surface area contributed by atoms with E-state index < -0.39 is 12.0 Å². The first-order valence-electron chi connectivity index (χ1n) is 14.0. The first-order valence-corrected chi connectivity index (χ1v) is 15.2. The number of thioether (sulfide) groups is 1. The number of piperazine rings is 1. The van der Waals surface area contributed by atoms with Crippen LogP contribution < -0.4 is 18.9 Å². The van der Waals surface area contributed by atoms with Gasteiger partial charge in [0.05, 0.1) is 26.2 Å². The van der Waals surface area contributed by atoms with Crippen LogP contribution in [-0.4, -0.2) is 87.0 Å². The first-order chi connectivity index (χ1) is 20.4. The summed E-state index contributed by atoms with van der Waals surface area (Å²) in [5.41, 5.74) is 3.20. The topological polar surface area (TPSA) is 80.8 Å². The van der Waals surface area contributed by atoms with Crippen molar-refractivity contribution in [3.63, 3.8) is 0 Å². The van der Waals surface area contributed by atoms with Crippen LogP contribution in [0.5, 0.6) is 23.0 Å². The second-order valence-corrected chi connectivity index (χ2v) is 11.6. The Bertz CT molecular complexity index is 1490. The number of carbonyl (C=O) groups is 2. The van der Waals surface area contributed by atoms with Crippen LogP contribution in [0.4, 0.5) is 0 Å². The molecule has 1 fully saturated rings. The Labute approximate surface area is 250 Å². The number of carbonyl (C=O) groups excluding carboxylic acids is 2. The number of nitrogens with zero attached hydrogens (tertiary/aromatic N) is 3. The Morgan fingerprint density at radius 1 is 0.929 bits per heavy atom.